The summed E-state index contributed by atoms with van der Waals surface area (Å²) in [6.45, 7) is 2.21. The molecule has 2 N–H and O–H groups in total. The van der Waals surface area contributed by atoms with Crippen molar-refractivity contribution in [3.8, 4) is 11.1 Å². The Morgan fingerprint density at radius 1 is 1.13 bits per heavy atom. The lowest BCUT2D eigenvalue weighted by atomic mass is 9.99. The molecular weight excluding hydrogens is 608 g/mol. The molecule has 0 spiro atoms. The number of nitrogens with one attached hydrogen (secondary N) is 1. The number of halogens is 2. The second-order valence-corrected chi connectivity index (χ2v) is 14.0. The number of rotatable bonds is 5. The lowest BCUT2D eigenvalue weighted by molar-refractivity contribution is 0.0695. The molecule has 2 atom stereocenters. The first kappa shape index (κ1) is 29.1. The number of aromatic amines is 1. The predicted molar refractivity (Wildman–Crippen MR) is 166 cm³/mol. The first-order valence-electron chi connectivity index (χ1n) is 14.2. The van der Waals surface area contributed by atoms with Crippen molar-refractivity contribution < 1.29 is 27.1 Å². The molecule has 0 saturated carbocycles. The fourth-order valence-corrected chi connectivity index (χ4v) is 7.48. The Morgan fingerprint density at radius 3 is 2.60 bits per heavy atom. The van der Waals surface area contributed by atoms with Gasteiger partial charge in [0.15, 0.2) is 11.6 Å². The monoisotopic (exact) mass is 637 g/mol. The number of H-pyrrole nitrogens is 1. The largest absolute Gasteiger partial charge is 0.477 e. The van der Waals surface area contributed by atoms with Crippen molar-refractivity contribution in [1.82, 2.24) is 24.4 Å². The fourth-order valence-electron chi connectivity index (χ4n) is 6.98. The van der Waals surface area contributed by atoms with Crippen LogP contribution in [0.25, 0.3) is 44.1 Å². The van der Waals surface area contributed by atoms with Crippen molar-refractivity contribution in [2.75, 3.05) is 49.2 Å². The summed E-state index contributed by atoms with van der Waals surface area (Å²) in [7, 11) is 1.04. The second-order valence-electron chi connectivity index (χ2n) is 12.0. The molecule has 12 nitrogen and oxygen atoms in total. The van der Waals surface area contributed by atoms with Crippen molar-refractivity contribution >= 4 is 60.3 Å². The summed E-state index contributed by atoms with van der Waals surface area (Å²) in [5.74, 6) is -3.42. The van der Waals surface area contributed by atoms with Gasteiger partial charge in [0.1, 0.15) is 16.9 Å². The molecule has 234 valence electrons. The van der Waals surface area contributed by atoms with E-state index in [-0.39, 0.29) is 44.7 Å². The van der Waals surface area contributed by atoms with E-state index in [2.05, 4.69) is 24.8 Å². The number of sulfonamides is 1. The van der Waals surface area contributed by atoms with Crippen molar-refractivity contribution in [3.63, 3.8) is 0 Å². The molecular formula is C30H29F2N7O5S. The number of likely N-dealkylation sites (N-methyl/N-ethyl adjacent to an activating group) is 1. The highest BCUT2D eigenvalue weighted by Gasteiger charge is 2.42. The smallest absolute Gasteiger partial charge is 0.341 e. The molecule has 2 fully saturated rings. The molecule has 2 aliphatic heterocycles. The van der Waals surface area contributed by atoms with E-state index in [0.29, 0.717) is 29.3 Å². The van der Waals surface area contributed by atoms with Crippen LogP contribution >= 0.6 is 0 Å². The van der Waals surface area contributed by atoms with Gasteiger partial charge in [-0.05, 0) is 25.5 Å². The third-order valence-electron chi connectivity index (χ3n) is 9.15. The van der Waals surface area contributed by atoms with Crippen LogP contribution in [0.1, 0.15) is 16.8 Å². The number of anilines is 2. The number of fused-ring (bicyclic) bond motifs is 5. The van der Waals surface area contributed by atoms with Crippen LogP contribution in [0.2, 0.25) is 0 Å². The zero-order valence-corrected chi connectivity index (χ0v) is 25.6. The number of nitrogens with zero attached hydrogens (tertiary/aromatic N) is 6. The number of likely N-dealkylation sites (tertiary alicyclic amines) is 1. The van der Waals surface area contributed by atoms with E-state index in [1.54, 1.807) is 19.3 Å². The summed E-state index contributed by atoms with van der Waals surface area (Å²) >= 11 is 0. The molecule has 2 aliphatic rings. The van der Waals surface area contributed by atoms with Crippen LogP contribution in [-0.2, 0) is 17.1 Å². The Hall–Kier alpha value is -4.63. The highest BCUT2D eigenvalue weighted by atomic mass is 32.2. The van der Waals surface area contributed by atoms with Crippen molar-refractivity contribution in [1.29, 1.82) is 0 Å². The maximum absolute atomic E-state index is 15.9. The number of carbonyl (C=O) groups is 1. The van der Waals surface area contributed by atoms with E-state index in [0.717, 1.165) is 36.1 Å². The van der Waals surface area contributed by atoms with Gasteiger partial charge >= 0.3 is 5.97 Å². The predicted octanol–water partition coefficient (Wildman–Crippen LogP) is 3.14. The van der Waals surface area contributed by atoms with Gasteiger partial charge in [0.05, 0.1) is 39.3 Å². The molecule has 0 radical (unpaired) electrons. The molecule has 1 aromatic carbocycles. The summed E-state index contributed by atoms with van der Waals surface area (Å²) < 4.78 is 58.5. The topological polar surface area (TPSA) is 145 Å². The number of aromatic nitrogens is 4. The van der Waals surface area contributed by atoms with Crippen LogP contribution in [-0.4, -0.2) is 89.9 Å². The van der Waals surface area contributed by atoms with Gasteiger partial charge in [-0.1, -0.05) is 0 Å². The summed E-state index contributed by atoms with van der Waals surface area (Å²) in [5, 5.41) is 9.82. The minimum Gasteiger partial charge on any atom is -0.477 e. The molecule has 1 unspecified atom stereocenters. The van der Waals surface area contributed by atoms with E-state index in [1.165, 1.54) is 24.0 Å². The van der Waals surface area contributed by atoms with Crippen LogP contribution in [0.15, 0.2) is 35.5 Å². The summed E-state index contributed by atoms with van der Waals surface area (Å²) in [5.41, 5.74) is 0.837. The molecule has 45 heavy (non-hydrogen) atoms. The Morgan fingerprint density at radius 2 is 1.89 bits per heavy atom. The summed E-state index contributed by atoms with van der Waals surface area (Å²) in [6.07, 6.45) is 6.14. The van der Waals surface area contributed by atoms with E-state index < -0.39 is 38.6 Å². The zero-order chi connectivity index (χ0) is 32.1. The first-order valence-corrected chi connectivity index (χ1v) is 16.1. The standard InChI is InChI=1S/C30H29F2N7O5S/c1-36-11-14-5-6-39(21(14)13-36)26-17(15-7-16-27(40)18(30(41)42)12-37(2)29(16)34-9-15)10-33-28-23(26)22-24(32)19(31)8-20(25(22)35-28)38(3)45(4,43)44/h7-10,12,14,21H,5-6,11,13H2,1-4H3,(H,33,35)(H,41,42)/t14?,21-/m1/s1. The van der Waals surface area contributed by atoms with Gasteiger partial charge in [0, 0.05) is 75.6 Å². The zero-order valence-electron chi connectivity index (χ0n) is 24.8. The molecule has 0 aliphatic carbocycles. The van der Waals surface area contributed by atoms with Gasteiger partial charge in [-0.2, -0.15) is 0 Å². The van der Waals surface area contributed by atoms with E-state index in [1.807, 2.05) is 7.05 Å². The Bertz CT molecular complexity index is 2270. The van der Waals surface area contributed by atoms with E-state index in [9.17, 15) is 23.1 Å². The second kappa shape index (κ2) is 9.94. The Kier molecular flexibility index (Phi) is 6.43. The number of aromatic carboxylic acids is 1. The van der Waals surface area contributed by atoms with Crippen LogP contribution in [0.4, 0.5) is 20.2 Å². The van der Waals surface area contributed by atoms with Crippen LogP contribution < -0.4 is 14.6 Å². The number of hydrogen-bond donors (Lipinski definition) is 2. The summed E-state index contributed by atoms with van der Waals surface area (Å²) in [4.78, 5) is 41.5. The maximum Gasteiger partial charge on any atom is 0.341 e. The van der Waals surface area contributed by atoms with Crippen LogP contribution in [0.3, 0.4) is 0 Å². The highest BCUT2D eigenvalue weighted by Crippen LogP contribution is 2.47. The third kappa shape index (κ3) is 4.35. The van der Waals surface area contributed by atoms with Crippen LogP contribution in [0, 0.1) is 17.6 Å². The quantitative estimate of drug-likeness (QED) is 0.297. The van der Waals surface area contributed by atoms with Gasteiger partial charge in [0.2, 0.25) is 15.5 Å². The molecule has 5 aromatic rings. The maximum atomic E-state index is 15.9. The van der Waals surface area contributed by atoms with Gasteiger partial charge in [-0.25, -0.2) is 32.0 Å². The van der Waals surface area contributed by atoms with E-state index >= 15 is 8.78 Å². The number of benzene rings is 1. The van der Waals surface area contributed by atoms with Crippen LogP contribution in [0.5, 0.6) is 0 Å². The fraction of sp³-hybridized carbons (Fsp3) is 0.333. The number of hydrogen-bond acceptors (Lipinski definition) is 8. The lowest BCUT2D eigenvalue weighted by Crippen LogP contribution is -2.35. The van der Waals surface area contributed by atoms with E-state index in [4.69, 9.17) is 0 Å². The number of pyridine rings is 3. The molecule has 4 aromatic heterocycles. The summed E-state index contributed by atoms with van der Waals surface area (Å²) in [6, 6.07) is 2.43. The number of carboxylic acids is 1. The minimum absolute atomic E-state index is 0.0407. The minimum atomic E-state index is -3.84. The molecule has 0 bridgehead atoms. The normalized spacial score (nSPS) is 18.8. The van der Waals surface area contributed by atoms with Gasteiger partial charge < -0.3 is 24.5 Å². The van der Waals surface area contributed by atoms with Gasteiger partial charge in [-0.15, -0.1) is 0 Å². The molecule has 6 heterocycles. The average molecular weight is 638 g/mol. The lowest BCUT2D eigenvalue weighted by Gasteiger charge is -2.29. The number of aryl methyl sites for hydroxylation is 1. The Labute approximate surface area is 255 Å². The SMILES string of the molecule is CN1CC2CCN(c3c(-c4cnc5c(c4)c(=O)c(C(=O)O)cn5C)cnc4[nH]c5c(N(C)S(C)(=O)=O)cc(F)c(F)c5c34)[C@@H]2C1. The van der Waals surface area contributed by atoms with Crippen molar-refractivity contribution in [2.45, 2.75) is 12.5 Å². The number of carboxylic acid groups (broad SMARTS) is 1. The van der Waals surface area contributed by atoms with Crippen molar-refractivity contribution in [2.24, 2.45) is 13.0 Å². The average Bonchev–Trinajstić information content (AvgIpc) is 3.67. The highest BCUT2D eigenvalue weighted by molar-refractivity contribution is 7.92. The molecule has 15 heteroatoms. The third-order valence-corrected chi connectivity index (χ3v) is 10.3. The van der Waals surface area contributed by atoms with Crippen molar-refractivity contribution in [3.05, 3.63) is 58.1 Å². The van der Waals surface area contributed by atoms with Gasteiger partial charge in [-0.3, -0.25) is 9.10 Å². The first-order chi connectivity index (χ1) is 21.3. The molecule has 2 saturated heterocycles. The molecule has 0 amide bonds. The molecule has 7 rings (SSSR count). The van der Waals surface area contributed by atoms with Gasteiger partial charge in [0.25, 0.3) is 0 Å². The Balaban J connectivity index is 1.58.